The predicted octanol–water partition coefficient (Wildman–Crippen LogP) is 2.93. The van der Waals surface area contributed by atoms with E-state index in [0.717, 1.165) is 16.7 Å². The van der Waals surface area contributed by atoms with Crippen LogP contribution in [0.15, 0.2) is 55.7 Å². The fourth-order valence-electron chi connectivity index (χ4n) is 1.10. The molecule has 0 aliphatic rings. The van der Waals surface area contributed by atoms with Crippen molar-refractivity contribution in [3.63, 3.8) is 0 Å². The van der Waals surface area contributed by atoms with Crippen molar-refractivity contribution in [1.29, 1.82) is 0 Å². The highest BCUT2D eigenvalue weighted by atomic mass is 16.3. The fourth-order valence-corrected chi connectivity index (χ4v) is 1.10. The van der Waals surface area contributed by atoms with Gasteiger partial charge in [-0.05, 0) is 16.7 Å². The van der Waals surface area contributed by atoms with Crippen LogP contribution < -0.4 is 0 Å². The lowest BCUT2D eigenvalue weighted by atomic mass is 10.1. The first-order valence-electron chi connectivity index (χ1n) is 4.46. The molecule has 1 heteroatoms. The minimum Gasteiger partial charge on any atom is -0.392 e. The summed E-state index contributed by atoms with van der Waals surface area (Å²) in [5.41, 5.74) is 2.91. The number of hydrogen-bond acceptors (Lipinski definition) is 1. The maximum atomic E-state index is 8.86. The summed E-state index contributed by atoms with van der Waals surface area (Å²) in [7, 11) is 0. The molecule has 0 amide bonds. The topological polar surface area (TPSA) is 20.2 Å². The molecule has 0 atom stereocenters. The van der Waals surface area contributed by atoms with E-state index in [0.29, 0.717) is 0 Å². The highest BCUT2D eigenvalue weighted by Gasteiger charge is 1.94. The van der Waals surface area contributed by atoms with Gasteiger partial charge in [-0.3, -0.25) is 0 Å². The molecule has 72 valence electrons. The summed E-state index contributed by atoms with van der Waals surface area (Å²) in [4.78, 5) is 0. The SMILES string of the molecule is C=C/C=C\C(=C)c1ccc(CO)cc1. The molecular formula is C13H14O. The molecule has 0 bridgehead atoms. The Labute approximate surface area is 84.7 Å². The second kappa shape index (κ2) is 5.20. The van der Waals surface area contributed by atoms with Crippen LogP contribution in [0.25, 0.3) is 5.57 Å². The van der Waals surface area contributed by atoms with Crippen molar-refractivity contribution < 1.29 is 5.11 Å². The number of allylic oxidation sites excluding steroid dienone is 4. The Balaban J connectivity index is 2.81. The van der Waals surface area contributed by atoms with Gasteiger partial charge >= 0.3 is 0 Å². The molecule has 14 heavy (non-hydrogen) atoms. The average Bonchev–Trinajstić information content (AvgIpc) is 2.26. The zero-order chi connectivity index (χ0) is 10.4. The zero-order valence-electron chi connectivity index (χ0n) is 8.11. The Morgan fingerprint density at radius 1 is 1.29 bits per heavy atom. The van der Waals surface area contributed by atoms with E-state index >= 15 is 0 Å². The number of hydrogen-bond donors (Lipinski definition) is 1. The van der Waals surface area contributed by atoms with E-state index in [2.05, 4.69) is 13.2 Å². The molecule has 0 aliphatic carbocycles. The molecule has 0 unspecified atom stereocenters. The summed E-state index contributed by atoms with van der Waals surface area (Å²) < 4.78 is 0. The summed E-state index contributed by atoms with van der Waals surface area (Å²) in [5.74, 6) is 0. The van der Waals surface area contributed by atoms with Crippen LogP contribution in [0.1, 0.15) is 11.1 Å². The van der Waals surface area contributed by atoms with E-state index in [4.69, 9.17) is 5.11 Å². The van der Waals surface area contributed by atoms with Crippen molar-refractivity contribution in [3.05, 3.63) is 66.8 Å². The van der Waals surface area contributed by atoms with Crippen LogP contribution in [0.4, 0.5) is 0 Å². The van der Waals surface area contributed by atoms with Crippen molar-refractivity contribution in [2.45, 2.75) is 6.61 Å². The van der Waals surface area contributed by atoms with Crippen LogP contribution in [-0.2, 0) is 6.61 Å². The first kappa shape index (κ1) is 10.5. The summed E-state index contributed by atoms with van der Waals surface area (Å²) >= 11 is 0. The third-order valence-electron chi connectivity index (χ3n) is 1.94. The summed E-state index contributed by atoms with van der Waals surface area (Å²) in [6.07, 6.45) is 5.47. The molecule has 1 N–H and O–H groups in total. The van der Waals surface area contributed by atoms with Crippen LogP contribution >= 0.6 is 0 Å². The minimum absolute atomic E-state index is 0.0786. The summed E-state index contributed by atoms with van der Waals surface area (Å²) in [5, 5.41) is 8.86. The Kier molecular flexibility index (Phi) is 3.89. The normalized spacial score (nSPS) is 10.4. The molecule has 0 radical (unpaired) electrons. The molecule has 0 fully saturated rings. The van der Waals surface area contributed by atoms with E-state index in [9.17, 15) is 0 Å². The smallest absolute Gasteiger partial charge is 0.0681 e. The zero-order valence-corrected chi connectivity index (χ0v) is 8.11. The van der Waals surface area contributed by atoms with E-state index in [1.807, 2.05) is 36.4 Å². The highest BCUT2D eigenvalue weighted by Crippen LogP contribution is 2.14. The van der Waals surface area contributed by atoms with Crippen LogP contribution in [0.2, 0.25) is 0 Å². The van der Waals surface area contributed by atoms with Crippen LogP contribution in [-0.4, -0.2) is 5.11 Å². The van der Waals surface area contributed by atoms with Gasteiger partial charge in [0.2, 0.25) is 0 Å². The molecule has 1 nitrogen and oxygen atoms in total. The van der Waals surface area contributed by atoms with E-state index in [-0.39, 0.29) is 6.61 Å². The molecular weight excluding hydrogens is 172 g/mol. The summed E-state index contributed by atoms with van der Waals surface area (Å²) in [6.45, 7) is 7.59. The van der Waals surface area contributed by atoms with E-state index in [1.54, 1.807) is 6.08 Å². The largest absolute Gasteiger partial charge is 0.392 e. The number of aliphatic hydroxyl groups excluding tert-OH is 1. The molecule has 0 aliphatic heterocycles. The molecule has 0 heterocycles. The van der Waals surface area contributed by atoms with Crippen molar-refractivity contribution in [2.24, 2.45) is 0 Å². The Hall–Kier alpha value is -1.60. The third-order valence-corrected chi connectivity index (χ3v) is 1.94. The van der Waals surface area contributed by atoms with Crippen LogP contribution in [0.5, 0.6) is 0 Å². The van der Waals surface area contributed by atoms with Crippen molar-refractivity contribution in [3.8, 4) is 0 Å². The van der Waals surface area contributed by atoms with Crippen molar-refractivity contribution >= 4 is 5.57 Å². The van der Waals surface area contributed by atoms with Gasteiger partial charge in [0.1, 0.15) is 0 Å². The maximum Gasteiger partial charge on any atom is 0.0681 e. The predicted molar refractivity (Wildman–Crippen MR) is 60.7 cm³/mol. The number of benzene rings is 1. The molecule has 0 saturated carbocycles. The molecule has 1 rings (SSSR count). The van der Waals surface area contributed by atoms with Gasteiger partial charge in [0.15, 0.2) is 0 Å². The number of aliphatic hydroxyl groups is 1. The highest BCUT2D eigenvalue weighted by molar-refractivity contribution is 5.72. The Morgan fingerprint density at radius 2 is 1.93 bits per heavy atom. The van der Waals surface area contributed by atoms with E-state index in [1.165, 1.54) is 0 Å². The van der Waals surface area contributed by atoms with Gasteiger partial charge in [-0.1, -0.05) is 55.7 Å². The first-order valence-corrected chi connectivity index (χ1v) is 4.46. The van der Waals surface area contributed by atoms with E-state index < -0.39 is 0 Å². The van der Waals surface area contributed by atoms with Crippen molar-refractivity contribution in [1.82, 2.24) is 0 Å². The molecule has 0 spiro atoms. The Bertz CT molecular complexity index is 344. The van der Waals surface area contributed by atoms with Gasteiger partial charge in [0, 0.05) is 0 Å². The van der Waals surface area contributed by atoms with Gasteiger partial charge in [-0.15, -0.1) is 0 Å². The standard InChI is InChI=1S/C13H14O/c1-3-4-5-11(2)13-8-6-12(10-14)7-9-13/h3-9,14H,1-2,10H2/b5-4-. The average molecular weight is 186 g/mol. The van der Waals surface area contributed by atoms with Gasteiger partial charge in [0.25, 0.3) is 0 Å². The first-order chi connectivity index (χ1) is 6.77. The van der Waals surface area contributed by atoms with Gasteiger partial charge in [0.05, 0.1) is 6.61 Å². The van der Waals surface area contributed by atoms with Gasteiger partial charge < -0.3 is 5.11 Å². The van der Waals surface area contributed by atoms with Gasteiger partial charge in [-0.2, -0.15) is 0 Å². The summed E-state index contributed by atoms with van der Waals surface area (Å²) in [6, 6.07) is 7.67. The quantitative estimate of drug-likeness (QED) is 0.717. The molecule has 0 aromatic heterocycles. The van der Waals surface area contributed by atoms with Gasteiger partial charge in [-0.25, -0.2) is 0 Å². The Morgan fingerprint density at radius 3 is 2.43 bits per heavy atom. The van der Waals surface area contributed by atoms with Crippen LogP contribution in [0.3, 0.4) is 0 Å². The fraction of sp³-hybridized carbons (Fsp3) is 0.0769. The second-order valence-corrected chi connectivity index (χ2v) is 2.98. The monoisotopic (exact) mass is 186 g/mol. The maximum absolute atomic E-state index is 8.86. The lowest BCUT2D eigenvalue weighted by molar-refractivity contribution is 0.282. The third kappa shape index (κ3) is 2.71. The number of rotatable bonds is 4. The minimum atomic E-state index is 0.0786. The molecule has 1 aromatic rings. The lowest BCUT2D eigenvalue weighted by Crippen LogP contribution is -1.84. The lowest BCUT2D eigenvalue weighted by Gasteiger charge is -2.01. The van der Waals surface area contributed by atoms with Crippen LogP contribution in [0, 0.1) is 0 Å². The van der Waals surface area contributed by atoms with Crippen molar-refractivity contribution in [2.75, 3.05) is 0 Å². The molecule has 0 saturated heterocycles. The molecule has 1 aromatic carbocycles. The second-order valence-electron chi connectivity index (χ2n) is 2.98.